The number of aliphatic imine (C=N–C) groups is 1. The van der Waals surface area contributed by atoms with Gasteiger partial charge in [-0.1, -0.05) is 24.3 Å². The summed E-state index contributed by atoms with van der Waals surface area (Å²) in [6, 6.07) is 12.0. The largest absolute Gasteiger partial charge is 0.494 e. The smallest absolute Gasteiger partial charge is 0.416 e. The van der Waals surface area contributed by atoms with Gasteiger partial charge in [0.1, 0.15) is 12.4 Å². The van der Waals surface area contributed by atoms with Gasteiger partial charge in [0.05, 0.1) is 12.2 Å². The van der Waals surface area contributed by atoms with E-state index in [1.165, 1.54) is 24.3 Å². The molecule has 33 heavy (non-hydrogen) atoms. The third kappa shape index (κ3) is 5.92. The summed E-state index contributed by atoms with van der Waals surface area (Å²) < 4.78 is 50.9. The zero-order valence-electron chi connectivity index (χ0n) is 17.9. The zero-order valence-corrected chi connectivity index (χ0v) is 17.9. The van der Waals surface area contributed by atoms with Crippen molar-refractivity contribution in [1.29, 1.82) is 0 Å². The quantitative estimate of drug-likeness (QED) is 0.415. The Kier molecular flexibility index (Phi) is 7.75. The number of ether oxygens (including phenoxy) is 2. The van der Waals surface area contributed by atoms with Crippen LogP contribution in [0.4, 0.5) is 13.2 Å². The molecule has 2 N–H and O–H groups in total. The van der Waals surface area contributed by atoms with Gasteiger partial charge < -0.3 is 19.9 Å². The minimum absolute atomic E-state index is 0.0352. The van der Waals surface area contributed by atoms with Gasteiger partial charge in [-0.25, -0.2) is 4.99 Å². The molecule has 6 nitrogen and oxygen atoms in total. The lowest BCUT2D eigenvalue weighted by atomic mass is 9.96. The highest BCUT2D eigenvalue weighted by atomic mass is 19.4. The SMILES string of the molecule is C=CC[C@]1(C(=O)NCc2ccccc2C(F)(F)F)COC(c2ccc(OCCCO)cc2)=N1. The Bertz CT molecular complexity index is 1010. The molecule has 1 atom stereocenters. The number of aliphatic hydroxyl groups is 1. The first kappa shape index (κ1) is 24.3. The molecule has 0 aliphatic carbocycles. The Morgan fingerprint density at radius 1 is 1.24 bits per heavy atom. The van der Waals surface area contributed by atoms with Crippen LogP contribution < -0.4 is 10.1 Å². The second-order valence-corrected chi connectivity index (χ2v) is 7.52. The number of hydrogen-bond donors (Lipinski definition) is 2. The first-order chi connectivity index (χ1) is 15.8. The van der Waals surface area contributed by atoms with Gasteiger partial charge in [0.2, 0.25) is 5.90 Å². The lowest BCUT2D eigenvalue weighted by molar-refractivity contribution is -0.138. The molecule has 0 saturated carbocycles. The van der Waals surface area contributed by atoms with Crippen LogP contribution in [0.3, 0.4) is 0 Å². The summed E-state index contributed by atoms with van der Waals surface area (Å²) in [6.07, 6.45) is -2.32. The molecule has 0 bridgehead atoms. The van der Waals surface area contributed by atoms with Crippen LogP contribution in [0.1, 0.15) is 29.5 Å². The second kappa shape index (κ2) is 10.5. The van der Waals surface area contributed by atoms with Crippen molar-refractivity contribution in [1.82, 2.24) is 5.32 Å². The minimum Gasteiger partial charge on any atom is -0.494 e. The van der Waals surface area contributed by atoms with Crippen molar-refractivity contribution >= 4 is 11.8 Å². The van der Waals surface area contributed by atoms with Gasteiger partial charge >= 0.3 is 6.18 Å². The number of benzene rings is 2. The maximum absolute atomic E-state index is 13.2. The Morgan fingerprint density at radius 2 is 1.97 bits per heavy atom. The molecule has 3 rings (SSSR count). The van der Waals surface area contributed by atoms with E-state index in [4.69, 9.17) is 14.6 Å². The van der Waals surface area contributed by atoms with Crippen molar-refractivity contribution in [3.05, 3.63) is 77.9 Å². The Hall–Kier alpha value is -3.33. The van der Waals surface area contributed by atoms with Crippen LogP contribution in [0.15, 0.2) is 66.2 Å². The number of alkyl halides is 3. The monoisotopic (exact) mass is 462 g/mol. The highest BCUT2D eigenvalue weighted by molar-refractivity contribution is 6.00. The lowest BCUT2D eigenvalue weighted by Crippen LogP contribution is -2.46. The van der Waals surface area contributed by atoms with E-state index in [1.807, 2.05) is 0 Å². The highest BCUT2D eigenvalue weighted by Crippen LogP contribution is 2.32. The number of aliphatic hydroxyl groups excluding tert-OH is 1. The molecule has 0 unspecified atom stereocenters. The van der Waals surface area contributed by atoms with Gasteiger partial charge in [0.25, 0.3) is 5.91 Å². The first-order valence-corrected chi connectivity index (χ1v) is 10.4. The molecule has 0 radical (unpaired) electrons. The molecule has 1 heterocycles. The lowest BCUT2D eigenvalue weighted by Gasteiger charge is -2.22. The van der Waals surface area contributed by atoms with E-state index in [0.29, 0.717) is 24.3 Å². The fourth-order valence-electron chi connectivity index (χ4n) is 3.39. The van der Waals surface area contributed by atoms with Gasteiger partial charge in [-0.3, -0.25) is 4.79 Å². The van der Waals surface area contributed by atoms with Crippen LogP contribution in [0.5, 0.6) is 5.75 Å². The number of nitrogens with zero attached hydrogens (tertiary/aromatic N) is 1. The van der Waals surface area contributed by atoms with Crippen molar-refractivity contribution in [2.45, 2.75) is 31.1 Å². The number of rotatable bonds is 10. The van der Waals surface area contributed by atoms with E-state index in [9.17, 15) is 18.0 Å². The summed E-state index contributed by atoms with van der Waals surface area (Å²) in [4.78, 5) is 17.5. The molecule has 2 aromatic carbocycles. The standard InChI is InChI=1S/C24H25F3N2O4/c1-2-12-23(22(31)28-15-18-6-3-4-7-20(18)24(25,26)27)16-33-21(29-23)17-8-10-19(11-9-17)32-14-5-13-30/h2-4,6-11,30H,1,5,12-16H2,(H,28,31)/t23-/m1/s1. The average Bonchev–Trinajstić information content (AvgIpc) is 3.23. The van der Waals surface area contributed by atoms with Gasteiger partial charge in [0, 0.05) is 31.6 Å². The molecule has 9 heteroatoms. The van der Waals surface area contributed by atoms with Gasteiger partial charge in [-0.15, -0.1) is 6.58 Å². The molecule has 1 aliphatic heterocycles. The molecule has 0 spiro atoms. The highest BCUT2D eigenvalue weighted by Gasteiger charge is 2.43. The normalized spacial score (nSPS) is 17.8. The number of amides is 1. The third-order valence-electron chi connectivity index (χ3n) is 5.10. The van der Waals surface area contributed by atoms with Crippen LogP contribution in [-0.2, 0) is 22.3 Å². The Labute approximate surface area is 189 Å². The first-order valence-electron chi connectivity index (χ1n) is 10.4. The summed E-state index contributed by atoms with van der Waals surface area (Å²) in [5.41, 5.74) is -1.52. The van der Waals surface area contributed by atoms with Crippen molar-refractivity contribution in [3.63, 3.8) is 0 Å². The fraction of sp³-hybridized carbons (Fsp3) is 0.333. The van der Waals surface area contributed by atoms with Crippen LogP contribution in [0.25, 0.3) is 0 Å². The summed E-state index contributed by atoms with van der Waals surface area (Å²) in [5.74, 6) is 0.326. The number of hydrogen-bond acceptors (Lipinski definition) is 5. The Morgan fingerprint density at radius 3 is 2.64 bits per heavy atom. The van der Waals surface area contributed by atoms with E-state index in [0.717, 1.165) is 6.07 Å². The molecule has 0 aromatic heterocycles. The molecule has 2 aromatic rings. The van der Waals surface area contributed by atoms with E-state index in [2.05, 4.69) is 16.9 Å². The van der Waals surface area contributed by atoms with E-state index < -0.39 is 23.2 Å². The number of carbonyl (C=O) groups excluding carboxylic acids is 1. The number of carbonyl (C=O) groups is 1. The van der Waals surface area contributed by atoms with Crippen molar-refractivity contribution in [2.75, 3.05) is 19.8 Å². The zero-order chi connectivity index (χ0) is 23.9. The molecule has 176 valence electrons. The molecule has 1 aliphatic rings. The number of halogens is 3. The minimum atomic E-state index is -4.52. The fourth-order valence-corrected chi connectivity index (χ4v) is 3.39. The molecule has 1 amide bonds. The third-order valence-corrected chi connectivity index (χ3v) is 5.10. The summed E-state index contributed by atoms with van der Waals surface area (Å²) in [5, 5.41) is 11.4. The second-order valence-electron chi connectivity index (χ2n) is 7.52. The van der Waals surface area contributed by atoms with E-state index in [-0.39, 0.29) is 37.6 Å². The molecule has 0 fully saturated rings. The topological polar surface area (TPSA) is 80.2 Å². The van der Waals surface area contributed by atoms with Gasteiger partial charge in [-0.2, -0.15) is 13.2 Å². The Balaban J connectivity index is 1.74. The van der Waals surface area contributed by atoms with E-state index in [1.54, 1.807) is 24.3 Å². The predicted molar refractivity (Wildman–Crippen MR) is 117 cm³/mol. The summed E-state index contributed by atoms with van der Waals surface area (Å²) in [6.45, 7) is 3.74. The number of nitrogens with one attached hydrogen (secondary N) is 1. The molecular formula is C24H25F3N2O4. The summed E-state index contributed by atoms with van der Waals surface area (Å²) >= 11 is 0. The van der Waals surface area contributed by atoms with Crippen LogP contribution in [-0.4, -0.2) is 42.3 Å². The molecule has 0 saturated heterocycles. The predicted octanol–water partition coefficient (Wildman–Crippen LogP) is 3.87. The van der Waals surface area contributed by atoms with Crippen LogP contribution in [0, 0.1) is 0 Å². The van der Waals surface area contributed by atoms with Crippen molar-refractivity contribution < 1.29 is 32.5 Å². The average molecular weight is 462 g/mol. The van der Waals surface area contributed by atoms with E-state index >= 15 is 0 Å². The van der Waals surface area contributed by atoms with Gasteiger partial charge in [-0.05, 0) is 35.9 Å². The van der Waals surface area contributed by atoms with Crippen molar-refractivity contribution in [2.24, 2.45) is 4.99 Å². The maximum Gasteiger partial charge on any atom is 0.416 e. The molecular weight excluding hydrogens is 437 g/mol. The van der Waals surface area contributed by atoms with Crippen molar-refractivity contribution in [3.8, 4) is 5.75 Å². The van der Waals surface area contributed by atoms with Crippen LogP contribution in [0.2, 0.25) is 0 Å². The maximum atomic E-state index is 13.2. The van der Waals surface area contributed by atoms with Gasteiger partial charge in [0.15, 0.2) is 5.54 Å². The summed E-state index contributed by atoms with van der Waals surface area (Å²) in [7, 11) is 0. The van der Waals surface area contributed by atoms with Crippen LogP contribution >= 0.6 is 0 Å².